The van der Waals surface area contributed by atoms with Crippen molar-refractivity contribution in [2.45, 2.75) is 50.6 Å². The zero-order chi connectivity index (χ0) is 15.9. The number of carbonyl (C=O) groups is 2. The molecule has 0 unspecified atom stereocenters. The van der Waals surface area contributed by atoms with Gasteiger partial charge in [-0.25, -0.2) is 0 Å². The lowest BCUT2D eigenvalue weighted by molar-refractivity contribution is -0.143. The molecule has 0 heterocycles. The van der Waals surface area contributed by atoms with Crippen molar-refractivity contribution in [3.05, 3.63) is 35.9 Å². The molecule has 0 amide bonds. The lowest BCUT2D eigenvalue weighted by Gasteiger charge is -2.27. The monoisotopic (exact) mass is 305 g/mol. The van der Waals surface area contributed by atoms with Crippen LogP contribution in [-0.2, 0) is 9.59 Å². The Morgan fingerprint density at radius 1 is 1.05 bits per heavy atom. The fourth-order valence-electron chi connectivity index (χ4n) is 3.15. The van der Waals surface area contributed by atoms with Gasteiger partial charge in [-0.3, -0.25) is 14.9 Å². The van der Waals surface area contributed by atoms with E-state index in [2.05, 4.69) is 5.32 Å². The van der Waals surface area contributed by atoms with Crippen molar-refractivity contribution < 1.29 is 19.8 Å². The Hall–Kier alpha value is -1.88. The van der Waals surface area contributed by atoms with Gasteiger partial charge in [0.05, 0.1) is 0 Å². The smallest absolute Gasteiger partial charge is 0.325 e. The third-order valence-corrected chi connectivity index (χ3v) is 4.34. The van der Waals surface area contributed by atoms with Crippen molar-refractivity contribution in [2.24, 2.45) is 5.92 Å². The standard InChI is InChI=1S/C17H23NO4/c19-16(20)14(11-12-7-3-1-4-8-12)18-15(17(21)22)13-9-5-2-6-10-13/h2,5-6,9-10,12,14-15,18H,1,3-4,7-8,11H2,(H,19,20)(H,21,22)/t14-,15+/m0/s1. The Morgan fingerprint density at radius 3 is 2.23 bits per heavy atom. The summed E-state index contributed by atoms with van der Waals surface area (Å²) in [4.78, 5) is 23.0. The maximum Gasteiger partial charge on any atom is 0.325 e. The molecule has 3 N–H and O–H groups in total. The topological polar surface area (TPSA) is 86.6 Å². The first kappa shape index (κ1) is 16.5. The Balaban J connectivity index is 2.07. The summed E-state index contributed by atoms with van der Waals surface area (Å²) in [6.07, 6.45) is 6.05. The minimum absolute atomic E-state index is 0.368. The first-order valence-electron chi connectivity index (χ1n) is 7.84. The van der Waals surface area contributed by atoms with Gasteiger partial charge >= 0.3 is 11.9 Å². The lowest BCUT2D eigenvalue weighted by Crippen LogP contribution is -2.43. The number of carboxylic acids is 2. The molecule has 5 heteroatoms. The molecule has 0 aromatic heterocycles. The van der Waals surface area contributed by atoms with E-state index in [4.69, 9.17) is 0 Å². The molecule has 0 saturated heterocycles. The van der Waals surface area contributed by atoms with Gasteiger partial charge in [0.25, 0.3) is 0 Å². The number of hydrogen-bond acceptors (Lipinski definition) is 3. The summed E-state index contributed by atoms with van der Waals surface area (Å²) in [5.41, 5.74) is 0.574. The highest BCUT2D eigenvalue weighted by Gasteiger charge is 2.29. The highest BCUT2D eigenvalue weighted by molar-refractivity contribution is 5.78. The molecule has 0 spiro atoms. The van der Waals surface area contributed by atoms with Gasteiger partial charge in [0.15, 0.2) is 0 Å². The van der Waals surface area contributed by atoms with Gasteiger partial charge in [0.1, 0.15) is 12.1 Å². The van der Waals surface area contributed by atoms with Crippen LogP contribution in [0.15, 0.2) is 30.3 Å². The van der Waals surface area contributed by atoms with E-state index in [9.17, 15) is 19.8 Å². The van der Waals surface area contributed by atoms with E-state index >= 15 is 0 Å². The van der Waals surface area contributed by atoms with Crippen LogP contribution in [0.3, 0.4) is 0 Å². The Bertz CT molecular complexity index is 497. The molecule has 120 valence electrons. The van der Waals surface area contributed by atoms with E-state index in [0.717, 1.165) is 25.7 Å². The van der Waals surface area contributed by atoms with Crippen LogP contribution in [0.5, 0.6) is 0 Å². The highest BCUT2D eigenvalue weighted by Crippen LogP contribution is 2.28. The molecular formula is C17H23NO4. The largest absolute Gasteiger partial charge is 0.480 e. The number of carboxylic acid groups (broad SMARTS) is 2. The minimum atomic E-state index is -1.05. The van der Waals surface area contributed by atoms with Crippen molar-refractivity contribution in [1.82, 2.24) is 5.32 Å². The number of rotatable bonds is 7. The Labute approximate surface area is 130 Å². The number of nitrogens with one attached hydrogen (secondary N) is 1. The van der Waals surface area contributed by atoms with E-state index in [-0.39, 0.29) is 0 Å². The summed E-state index contributed by atoms with van der Waals surface area (Å²) < 4.78 is 0. The third kappa shape index (κ3) is 4.56. The van der Waals surface area contributed by atoms with Gasteiger partial charge in [-0.05, 0) is 17.9 Å². The van der Waals surface area contributed by atoms with Gasteiger partial charge in [-0.15, -0.1) is 0 Å². The Morgan fingerprint density at radius 2 is 1.68 bits per heavy atom. The SMILES string of the molecule is O=C(O)[C@H](CC1CCCCC1)N[C@@H](C(=O)O)c1ccccc1. The average Bonchev–Trinajstić information content (AvgIpc) is 2.52. The summed E-state index contributed by atoms with van der Waals surface area (Å²) >= 11 is 0. The van der Waals surface area contributed by atoms with Gasteiger partial charge in [-0.2, -0.15) is 0 Å². The highest BCUT2D eigenvalue weighted by atomic mass is 16.4. The maximum absolute atomic E-state index is 11.5. The summed E-state index contributed by atoms with van der Waals surface area (Å²) in [6.45, 7) is 0. The molecular weight excluding hydrogens is 282 g/mol. The van der Waals surface area contributed by atoms with Crippen LogP contribution in [0.25, 0.3) is 0 Å². The molecule has 2 rings (SSSR count). The van der Waals surface area contributed by atoms with Gasteiger partial charge < -0.3 is 10.2 Å². The lowest BCUT2D eigenvalue weighted by atomic mass is 9.84. The van der Waals surface area contributed by atoms with E-state index in [0.29, 0.717) is 17.9 Å². The van der Waals surface area contributed by atoms with Gasteiger partial charge in [-0.1, -0.05) is 62.4 Å². The van der Waals surface area contributed by atoms with Crippen LogP contribution in [0.1, 0.15) is 50.1 Å². The molecule has 0 bridgehead atoms. The molecule has 1 aromatic carbocycles. The molecule has 1 aromatic rings. The number of aliphatic carboxylic acids is 2. The minimum Gasteiger partial charge on any atom is -0.480 e. The Kier molecular flexibility index (Phi) is 5.95. The van der Waals surface area contributed by atoms with Crippen molar-refractivity contribution >= 4 is 11.9 Å². The summed E-state index contributed by atoms with van der Waals surface area (Å²) in [7, 11) is 0. The zero-order valence-electron chi connectivity index (χ0n) is 12.6. The second-order valence-electron chi connectivity index (χ2n) is 5.98. The molecule has 0 aliphatic heterocycles. The molecule has 1 fully saturated rings. The van der Waals surface area contributed by atoms with Crippen LogP contribution in [0.4, 0.5) is 0 Å². The van der Waals surface area contributed by atoms with Crippen LogP contribution in [-0.4, -0.2) is 28.2 Å². The number of benzene rings is 1. The van der Waals surface area contributed by atoms with Crippen molar-refractivity contribution in [1.29, 1.82) is 0 Å². The summed E-state index contributed by atoms with van der Waals surface area (Å²) in [6, 6.07) is 6.89. The molecule has 1 aliphatic rings. The third-order valence-electron chi connectivity index (χ3n) is 4.34. The predicted octanol–water partition coefficient (Wildman–Crippen LogP) is 2.83. The van der Waals surface area contributed by atoms with Crippen molar-refractivity contribution in [3.63, 3.8) is 0 Å². The second kappa shape index (κ2) is 7.94. The van der Waals surface area contributed by atoms with Crippen molar-refractivity contribution in [2.75, 3.05) is 0 Å². The first-order chi connectivity index (χ1) is 10.6. The normalized spacial score (nSPS) is 18.5. The quantitative estimate of drug-likeness (QED) is 0.721. The van der Waals surface area contributed by atoms with Crippen molar-refractivity contribution in [3.8, 4) is 0 Å². The van der Waals surface area contributed by atoms with Crippen LogP contribution in [0.2, 0.25) is 0 Å². The van der Waals surface area contributed by atoms with Crippen LogP contribution >= 0.6 is 0 Å². The molecule has 22 heavy (non-hydrogen) atoms. The summed E-state index contributed by atoms with van der Waals surface area (Å²) in [5.74, 6) is -1.67. The molecule has 1 aliphatic carbocycles. The predicted molar refractivity (Wildman–Crippen MR) is 82.6 cm³/mol. The maximum atomic E-state index is 11.5. The summed E-state index contributed by atoms with van der Waals surface area (Å²) in [5, 5.41) is 21.7. The van der Waals surface area contributed by atoms with Gasteiger partial charge in [0.2, 0.25) is 0 Å². The molecule has 0 radical (unpaired) electrons. The second-order valence-corrected chi connectivity index (χ2v) is 5.98. The fraction of sp³-hybridized carbons (Fsp3) is 0.529. The zero-order valence-corrected chi connectivity index (χ0v) is 12.6. The average molecular weight is 305 g/mol. The van der Waals surface area contributed by atoms with E-state index in [1.54, 1.807) is 30.3 Å². The van der Waals surface area contributed by atoms with Crippen LogP contribution < -0.4 is 5.32 Å². The number of hydrogen-bond donors (Lipinski definition) is 3. The molecule has 2 atom stereocenters. The van der Waals surface area contributed by atoms with E-state index in [1.807, 2.05) is 0 Å². The first-order valence-corrected chi connectivity index (χ1v) is 7.84. The van der Waals surface area contributed by atoms with E-state index < -0.39 is 24.0 Å². The van der Waals surface area contributed by atoms with E-state index in [1.165, 1.54) is 6.42 Å². The fourth-order valence-corrected chi connectivity index (χ4v) is 3.15. The van der Waals surface area contributed by atoms with Crippen LogP contribution in [0, 0.1) is 5.92 Å². The molecule has 5 nitrogen and oxygen atoms in total. The molecule has 1 saturated carbocycles. The van der Waals surface area contributed by atoms with Gasteiger partial charge in [0, 0.05) is 0 Å².